The Balaban J connectivity index is 0.0000112. The maximum atomic E-state index is 12.9. The molecule has 83 heavy (non-hydrogen) atoms. The molecule has 7 N–H and O–H groups in total. The molecule has 420 valence electrons. The number of anilines is 8. The van der Waals surface area contributed by atoms with Crippen molar-refractivity contribution >= 4 is 146 Å². The van der Waals surface area contributed by atoms with E-state index >= 15 is 0 Å². The van der Waals surface area contributed by atoms with Gasteiger partial charge in [-0.3, -0.25) is 23.5 Å². The first-order valence-electron chi connectivity index (χ1n) is 20.2. The first-order valence-corrected chi connectivity index (χ1v) is 28.4. The van der Waals surface area contributed by atoms with Crippen LogP contribution in [-0.2, 0) is 76.4 Å². The summed E-state index contributed by atoms with van der Waals surface area (Å²) in [6.07, 6.45) is 0. The number of hydrogen-bond donors (Lipinski definition) is 5. The van der Waals surface area contributed by atoms with Gasteiger partial charge in [0.15, 0.2) is 44.3 Å². The third kappa shape index (κ3) is 25.2. The second kappa shape index (κ2) is 38.9. The molecule has 45 heteroatoms. The second-order valence-corrected chi connectivity index (χ2v) is 22.8. The van der Waals surface area contributed by atoms with E-state index in [1.807, 2.05) is 0 Å². The summed E-state index contributed by atoms with van der Waals surface area (Å²) in [5.41, 5.74) is 9.65. The molecule has 0 saturated carbocycles. The Labute approximate surface area is 596 Å². The van der Waals surface area contributed by atoms with Crippen LogP contribution < -0.4 is 191 Å². The third-order valence-electron chi connectivity index (χ3n) is 9.27. The topological polar surface area (TPSA) is 502 Å². The maximum absolute atomic E-state index is 12.9. The number of sulfone groups is 2. The first kappa shape index (κ1) is 81.6. The van der Waals surface area contributed by atoms with Gasteiger partial charge in [-0.2, -0.15) is 19.3 Å². The minimum absolute atomic E-state index is 0. The number of benzene rings is 5. The maximum Gasteiger partial charge on any atom is 1.00 e. The minimum atomic E-state index is -5.41. The van der Waals surface area contributed by atoms with Crippen molar-refractivity contribution in [3.05, 3.63) is 97.1 Å². The average molecular weight is 1340 g/mol. The first-order chi connectivity index (χ1) is 36.6. The predicted octanol–water partition coefficient (Wildman–Crippen LogP) is -11.1. The zero-order chi connectivity index (χ0) is 55.8. The molecule has 0 radical (unpaired) electrons. The van der Waals surface area contributed by atoms with Crippen molar-refractivity contribution in [3.63, 3.8) is 0 Å². The summed E-state index contributed by atoms with van der Waals surface area (Å²) in [7, 11) is -18.3. The fourth-order valence-electron chi connectivity index (χ4n) is 5.89. The zero-order valence-electron chi connectivity index (χ0n) is 42.8. The van der Waals surface area contributed by atoms with Gasteiger partial charge in [0.1, 0.15) is 43.0 Å². The van der Waals surface area contributed by atoms with Crippen LogP contribution in [0.2, 0.25) is 0 Å². The largest absolute Gasteiger partial charge is 1.00 e. The van der Waals surface area contributed by atoms with E-state index in [1.165, 1.54) is 78.9 Å². The molecule has 0 spiro atoms. The molecule has 0 atom stereocenters. The van der Waals surface area contributed by atoms with Crippen LogP contribution in [0.4, 0.5) is 69.0 Å². The van der Waals surface area contributed by atoms with Crippen LogP contribution in [0.1, 0.15) is 7.43 Å². The molecule has 0 aliphatic heterocycles. The van der Waals surface area contributed by atoms with Crippen LogP contribution in [0.5, 0.6) is 0 Å². The van der Waals surface area contributed by atoms with Crippen molar-refractivity contribution in [1.82, 2.24) is 15.0 Å². The monoisotopic (exact) mass is 1330 g/mol. The van der Waals surface area contributed by atoms with Crippen molar-refractivity contribution in [3.8, 4) is 0 Å². The van der Waals surface area contributed by atoms with Crippen LogP contribution in [0.25, 0.3) is 0 Å². The summed E-state index contributed by atoms with van der Waals surface area (Å²) in [4.78, 5) is 11.0. The van der Waals surface area contributed by atoms with Crippen LogP contribution in [0.3, 0.4) is 0 Å². The number of hydrogen-bond acceptors (Lipinski definition) is 36. The number of rotatable bonds is 29. The molecule has 0 amide bonds. The van der Waals surface area contributed by atoms with E-state index in [0.29, 0.717) is 18.1 Å². The van der Waals surface area contributed by atoms with Gasteiger partial charge in [0.2, 0.25) is 17.8 Å². The molecule has 6 aromatic rings. The average Bonchev–Trinajstić information content (AvgIpc) is 3.37. The Morgan fingerprint density at radius 3 is 1.37 bits per heavy atom. The molecule has 1 heterocycles. The quantitative estimate of drug-likeness (QED) is 0.00425. The van der Waals surface area contributed by atoms with Gasteiger partial charge in [-0.15, -0.1) is 29.1 Å². The van der Waals surface area contributed by atoms with Crippen molar-refractivity contribution in [2.75, 3.05) is 52.1 Å². The summed E-state index contributed by atoms with van der Waals surface area (Å²) < 4.78 is 146. The normalized spacial score (nSPS) is 11.5. The van der Waals surface area contributed by atoms with Crippen molar-refractivity contribution in [1.29, 1.82) is 0 Å². The molecular weight excluding hydrogens is 1300 g/mol. The van der Waals surface area contributed by atoms with E-state index < -0.39 is 89.6 Å². The molecule has 0 bridgehead atoms. The Morgan fingerprint density at radius 1 is 0.494 bits per heavy atom. The van der Waals surface area contributed by atoms with E-state index in [4.69, 9.17) is 19.8 Å². The molecule has 0 unspecified atom stereocenters. The second-order valence-electron chi connectivity index (χ2n) is 14.2. The molecule has 6 rings (SSSR count). The molecule has 0 fully saturated rings. The Kier molecular flexibility index (Phi) is 38.3. The SMILES string of the molecule is C.Nc1c(N=Nc2ccccc2S(=O)(=O)[O-])cc(S(=O)(=O)[O-])c(N)c1N=Nc1cc(Nc2nc(Nc3ccc(S(=O)(=O)CCOSOO[O-])cc3)nc(Nc3ccc(S(=O)(=O)CCOSOO[O-])cc3)n2)ccc1SOO[O-].[Na+].[Na+].[Na+].[Na+].[Na+]. The van der Waals surface area contributed by atoms with Crippen LogP contribution in [0.15, 0.2) is 142 Å². The molecule has 0 saturated heterocycles. The van der Waals surface area contributed by atoms with Gasteiger partial charge in [0, 0.05) is 17.1 Å². The third-order valence-corrected chi connectivity index (χ3v) is 15.8. The van der Waals surface area contributed by atoms with Crippen molar-refractivity contribution in [2.45, 2.75) is 31.9 Å². The minimum Gasteiger partial charge on any atom is -0.744 e. The number of azo groups is 2. The number of nitrogens with zero attached hydrogens (tertiary/aromatic N) is 7. The zero-order valence-corrected chi connectivity index (χ0v) is 58.5. The van der Waals surface area contributed by atoms with Crippen LogP contribution >= 0.6 is 36.7 Å². The van der Waals surface area contributed by atoms with Crippen molar-refractivity contribution < 1.29 is 243 Å². The summed E-state index contributed by atoms with van der Waals surface area (Å²) in [6, 6.07) is 19.8. The number of nitrogens with one attached hydrogen (secondary N) is 3. The molecule has 33 nitrogen and oxygen atoms in total. The van der Waals surface area contributed by atoms with Crippen LogP contribution in [0, 0.1) is 0 Å². The van der Waals surface area contributed by atoms with Gasteiger partial charge in [0.05, 0.1) is 72.6 Å². The van der Waals surface area contributed by atoms with Gasteiger partial charge < -0.3 is 52.3 Å². The van der Waals surface area contributed by atoms with Crippen LogP contribution in [-0.4, -0.2) is 82.4 Å². The van der Waals surface area contributed by atoms with E-state index in [2.05, 4.69) is 79.5 Å². The van der Waals surface area contributed by atoms with Gasteiger partial charge >= 0.3 is 148 Å². The number of aromatic nitrogens is 3. The summed E-state index contributed by atoms with van der Waals surface area (Å²) in [5, 5.41) is 64.7. The van der Waals surface area contributed by atoms with E-state index in [1.54, 1.807) is 0 Å². The van der Waals surface area contributed by atoms with Gasteiger partial charge in [-0.25, -0.2) is 33.7 Å². The Hall–Kier alpha value is -1.36. The molecular formula is C38H35N12Na5O21S7. The smallest absolute Gasteiger partial charge is 0.744 e. The van der Waals surface area contributed by atoms with E-state index in [0.717, 1.165) is 12.1 Å². The molecule has 1 aromatic heterocycles. The fourth-order valence-corrected chi connectivity index (χ4v) is 10.4. The predicted molar refractivity (Wildman–Crippen MR) is 265 cm³/mol. The van der Waals surface area contributed by atoms with Gasteiger partial charge in [-0.05, 0) is 84.9 Å². The van der Waals surface area contributed by atoms with Gasteiger partial charge in [0.25, 0.3) is 0 Å². The summed E-state index contributed by atoms with van der Waals surface area (Å²) in [5.74, 6) is -1.57. The standard InChI is InChI=1S/C37H36N12O21S7.CH4.5Na/c38-32-28(48-46-26-3-1-2-4-30(26)76(57,58)59)20-31(77(60,61)62)33(39)34(32)49-47-27-19-23(9-14-29(27)71-68-65-50)42-37-44-35(40-21-5-10-24(11-6-21)74(53,54)17-15-63-72-69-66-51)43-36(45-37)41-22-7-12-25(13-8-22)75(55,56)18-16-64-73-70-67-52;;;;;;/h1-14,19-20,50-52H,15-18,38-39H2,(H,57,58,59)(H,60,61,62)(H3,40,41,42,43,44,45);1H4;;;;;/q;;5*+1/p-5. The number of nitrogen functional groups attached to an aromatic ring is 2. The summed E-state index contributed by atoms with van der Waals surface area (Å²) in [6.45, 7) is -0.740. The molecule has 0 aliphatic rings. The summed E-state index contributed by atoms with van der Waals surface area (Å²) >= 11 is 0.609. The van der Waals surface area contributed by atoms with Crippen molar-refractivity contribution in [2.24, 2.45) is 20.5 Å². The molecule has 0 aliphatic carbocycles. The molecule has 5 aromatic carbocycles. The van der Waals surface area contributed by atoms with Gasteiger partial charge in [-0.1, -0.05) is 19.6 Å². The van der Waals surface area contributed by atoms with E-state index in [-0.39, 0.29) is 248 Å². The fraction of sp³-hybridized carbons (Fsp3) is 0.132. The Bertz CT molecular complexity index is 3480. The Morgan fingerprint density at radius 2 is 0.916 bits per heavy atom. The van der Waals surface area contributed by atoms with E-state index in [9.17, 15) is 58.5 Å². The number of nitrogens with two attached hydrogens (primary N) is 2.